The Labute approximate surface area is 140 Å². The summed E-state index contributed by atoms with van der Waals surface area (Å²) in [6.07, 6.45) is 1.72. The van der Waals surface area contributed by atoms with Gasteiger partial charge in [-0.1, -0.05) is 13.8 Å². The number of nitrogens with zero attached hydrogens (tertiary/aromatic N) is 1. The molecule has 0 amide bonds. The Morgan fingerprint density at radius 1 is 1.35 bits per heavy atom. The molecular weight excluding hydrogens is 310 g/mol. The first-order valence-corrected chi connectivity index (χ1v) is 8.61. The summed E-state index contributed by atoms with van der Waals surface area (Å²) >= 11 is 1.60. The smallest absolute Gasteiger partial charge is 0.329 e. The van der Waals surface area contributed by atoms with Gasteiger partial charge in [-0.3, -0.25) is 4.99 Å². The Morgan fingerprint density at radius 2 is 2.04 bits per heavy atom. The number of hydrogen-bond acceptors (Lipinski definition) is 5. The number of carbonyl (C=O) groups is 1. The van der Waals surface area contributed by atoms with Crippen molar-refractivity contribution in [3.05, 3.63) is 34.9 Å². The molecule has 0 saturated heterocycles. The Bertz CT molecular complexity index is 692. The summed E-state index contributed by atoms with van der Waals surface area (Å²) in [6.45, 7) is 4.37. The summed E-state index contributed by atoms with van der Waals surface area (Å²) in [5.41, 5.74) is 9.55. The van der Waals surface area contributed by atoms with E-state index < -0.39 is 12.0 Å². The van der Waals surface area contributed by atoms with Crippen LogP contribution in [0.25, 0.3) is 0 Å². The van der Waals surface area contributed by atoms with Crippen LogP contribution in [0.15, 0.2) is 39.9 Å². The highest BCUT2D eigenvalue weighted by Gasteiger charge is 2.36. The van der Waals surface area contributed by atoms with Crippen LogP contribution in [-0.2, 0) is 4.79 Å². The maximum absolute atomic E-state index is 11.2. The standard InChI is InChI=1S/C17H21N3O2S/c1-17(2)7-12(19-11-5-3-10(18)4-6-11)15-13(8-17)20-14(9-23-15)16(21)22/h3-6,14,19H,7-9,18H2,1-2H3,(H,21,22). The van der Waals surface area contributed by atoms with E-state index in [9.17, 15) is 9.90 Å². The van der Waals surface area contributed by atoms with Crippen LogP contribution < -0.4 is 11.1 Å². The summed E-state index contributed by atoms with van der Waals surface area (Å²) in [6, 6.07) is 7.00. The van der Waals surface area contributed by atoms with Crippen LogP contribution in [0.4, 0.5) is 11.4 Å². The Kier molecular flexibility index (Phi) is 4.10. The number of nitrogen functional groups attached to an aromatic ring is 1. The molecule has 1 unspecified atom stereocenters. The number of aliphatic carboxylic acids is 1. The van der Waals surface area contributed by atoms with Crippen molar-refractivity contribution in [3.8, 4) is 0 Å². The van der Waals surface area contributed by atoms with Gasteiger partial charge >= 0.3 is 5.97 Å². The summed E-state index contributed by atoms with van der Waals surface area (Å²) in [7, 11) is 0. The van der Waals surface area contributed by atoms with Crippen molar-refractivity contribution in [3.63, 3.8) is 0 Å². The zero-order valence-electron chi connectivity index (χ0n) is 13.3. The lowest BCUT2D eigenvalue weighted by molar-refractivity contribution is -0.137. The first kappa shape index (κ1) is 15.9. The minimum Gasteiger partial charge on any atom is -0.480 e. The van der Waals surface area contributed by atoms with Gasteiger partial charge in [0.2, 0.25) is 0 Å². The third-order valence-electron chi connectivity index (χ3n) is 4.03. The molecule has 0 spiro atoms. The Morgan fingerprint density at radius 3 is 2.70 bits per heavy atom. The zero-order chi connectivity index (χ0) is 16.6. The van der Waals surface area contributed by atoms with Gasteiger partial charge in [0.15, 0.2) is 6.04 Å². The van der Waals surface area contributed by atoms with Crippen LogP contribution in [0.1, 0.15) is 26.7 Å². The average molecular weight is 331 g/mol. The predicted molar refractivity (Wildman–Crippen MR) is 95.8 cm³/mol. The number of thioether (sulfide) groups is 1. The minimum atomic E-state index is -0.847. The molecule has 0 saturated carbocycles. The van der Waals surface area contributed by atoms with Gasteiger partial charge in [0.1, 0.15) is 0 Å². The largest absolute Gasteiger partial charge is 0.480 e. The van der Waals surface area contributed by atoms with Gasteiger partial charge in [-0.2, -0.15) is 0 Å². The van der Waals surface area contributed by atoms with E-state index in [-0.39, 0.29) is 5.41 Å². The highest BCUT2D eigenvalue weighted by molar-refractivity contribution is 8.04. The number of benzene rings is 1. The van der Waals surface area contributed by atoms with Crippen LogP contribution in [0, 0.1) is 5.41 Å². The maximum atomic E-state index is 11.2. The van der Waals surface area contributed by atoms with Crippen molar-refractivity contribution in [1.82, 2.24) is 0 Å². The van der Waals surface area contributed by atoms with Crippen molar-refractivity contribution in [1.29, 1.82) is 0 Å². The van der Waals surface area contributed by atoms with Crippen molar-refractivity contribution < 1.29 is 9.90 Å². The van der Waals surface area contributed by atoms with Crippen molar-refractivity contribution in [2.75, 3.05) is 16.8 Å². The lowest BCUT2D eigenvalue weighted by atomic mass is 9.78. The number of aliphatic imine (C=N–C) groups is 1. The summed E-state index contributed by atoms with van der Waals surface area (Å²) in [5, 5.41) is 12.7. The first-order valence-electron chi connectivity index (χ1n) is 7.62. The quantitative estimate of drug-likeness (QED) is 0.739. The summed E-state index contributed by atoms with van der Waals surface area (Å²) in [5.74, 6) is -0.359. The molecule has 1 aromatic carbocycles. The molecule has 1 heterocycles. The summed E-state index contributed by atoms with van der Waals surface area (Å²) < 4.78 is 0. The molecular formula is C17H21N3O2S. The molecule has 2 aliphatic rings. The first-order chi connectivity index (χ1) is 10.8. The van der Waals surface area contributed by atoms with E-state index in [0.29, 0.717) is 5.75 Å². The second-order valence-corrected chi connectivity index (χ2v) is 7.84. The van der Waals surface area contributed by atoms with Crippen LogP contribution in [0.5, 0.6) is 0 Å². The van der Waals surface area contributed by atoms with Crippen molar-refractivity contribution in [2.24, 2.45) is 10.4 Å². The second-order valence-electron chi connectivity index (χ2n) is 6.81. The van der Waals surface area contributed by atoms with Crippen LogP contribution in [-0.4, -0.2) is 28.6 Å². The molecule has 0 aromatic heterocycles. The highest BCUT2D eigenvalue weighted by Crippen LogP contribution is 2.43. The Balaban J connectivity index is 1.94. The van der Waals surface area contributed by atoms with Crippen LogP contribution in [0.3, 0.4) is 0 Å². The fourth-order valence-corrected chi connectivity index (χ4v) is 4.09. The third-order valence-corrected chi connectivity index (χ3v) is 5.28. The van der Waals surface area contributed by atoms with Gasteiger partial charge in [0, 0.05) is 27.7 Å². The van der Waals surface area contributed by atoms with E-state index in [0.717, 1.165) is 40.5 Å². The van der Waals surface area contributed by atoms with Crippen LogP contribution >= 0.6 is 11.8 Å². The molecule has 6 heteroatoms. The van der Waals surface area contributed by atoms with Gasteiger partial charge < -0.3 is 16.2 Å². The molecule has 4 N–H and O–H groups in total. The number of carboxylic acid groups (broad SMARTS) is 1. The molecule has 23 heavy (non-hydrogen) atoms. The summed E-state index contributed by atoms with van der Waals surface area (Å²) in [4.78, 5) is 16.8. The predicted octanol–water partition coefficient (Wildman–Crippen LogP) is 3.35. The van der Waals surface area contributed by atoms with Crippen LogP contribution in [0.2, 0.25) is 0 Å². The fraction of sp³-hybridized carbons (Fsp3) is 0.412. The zero-order valence-corrected chi connectivity index (χ0v) is 14.1. The molecule has 122 valence electrons. The number of hydrogen-bond donors (Lipinski definition) is 3. The van der Waals surface area contributed by atoms with Gasteiger partial charge in [0.25, 0.3) is 0 Å². The average Bonchev–Trinajstić information content (AvgIpc) is 2.47. The fourth-order valence-electron chi connectivity index (χ4n) is 2.96. The normalized spacial score (nSPS) is 23.0. The number of nitrogens with two attached hydrogens (primary N) is 1. The number of fused-ring (bicyclic) bond motifs is 1. The third kappa shape index (κ3) is 3.52. The maximum Gasteiger partial charge on any atom is 0.329 e. The van der Waals surface area contributed by atoms with Gasteiger partial charge in [-0.25, -0.2) is 4.79 Å². The van der Waals surface area contributed by atoms with E-state index in [2.05, 4.69) is 24.2 Å². The Hall–Kier alpha value is -1.95. The molecule has 1 aliphatic carbocycles. The number of rotatable bonds is 3. The SMILES string of the molecule is CC1(C)CC2=NC(C(=O)O)CSC2=C(Nc2ccc(N)cc2)C1. The topological polar surface area (TPSA) is 87.7 Å². The lowest BCUT2D eigenvalue weighted by Gasteiger charge is -2.36. The van der Waals surface area contributed by atoms with Crippen molar-refractivity contribution >= 4 is 34.8 Å². The number of anilines is 2. The lowest BCUT2D eigenvalue weighted by Crippen LogP contribution is -2.34. The monoisotopic (exact) mass is 331 g/mol. The van der Waals surface area contributed by atoms with E-state index in [4.69, 9.17) is 5.73 Å². The van der Waals surface area contributed by atoms with Gasteiger partial charge in [-0.05, 0) is 42.5 Å². The minimum absolute atomic E-state index is 0.0550. The van der Waals surface area contributed by atoms with E-state index in [1.165, 1.54) is 0 Å². The molecule has 0 radical (unpaired) electrons. The number of carboxylic acids is 1. The molecule has 0 bridgehead atoms. The van der Waals surface area contributed by atoms with Gasteiger partial charge in [0.05, 0.1) is 5.71 Å². The van der Waals surface area contributed by atoms with Crippen molar-refractivity contribution in [2.45, 2.75) is 32.7 Å². The second kappa shape index (κ2) is 5.92. The van der Waals surface area contributed by atoms with Gasteiger partial charge in [-0.15, -0.1) is 11.8 Å². The highest BCUT2D eigenvalue weighted by atomic mass is 32.2. The number of nitrogens with one attached hydrogen (secondary N) is 1. The molecule has 1 aromatic rings. The molecule has 1 atom stereocenters. The molecule has 1 aliphatic heterocycles. The van der Waals surface area contributed by atoms with E-state index in [1.54, 1.807) is 11.8 Å². The van der Waals surface area contributed by atoms with E-state index in [1.807, 2.05) is 24.3 Å². The molecule has 0 fully saturated rings. The molecule has 5 nitrogen and oxygen atoms in total. The molecule has 3 rings (SSSR count). The van der Waals surface area contributed by atoms with E-state index >= 15 is 0 Å². The number of allylic oxidation sites excluding steroid dienone is 2.